The Balaban J connectivity index is 0.000000112. The van der Waals surface area contributed by atoms with Crippen LogP contribution >= 0.6 is 31.9 Å². The standard InChI is InChI=1S/C24H19N3O.C23H20O7.C21H17BrO5.C21H18O5.C19H15BrO3/c1-13-7-20-19-10-24-21(9-15(19)4-6-22(20)26-13)18-5-3-16(8-17(18)12-28-24)23-11-25-14(2)27-23;1-12(24)28-11-20(26)15-3-5-17-16(7-15)10-29-22-9-18-14(8-19(17)22)4-6-21(23(18)27)30-13(2)25;1-11(23)26-10-19(24)13-2-4-15-14(6-13)9-27-20-8-16-12(7-17(15)20)3-5-18(22)21(16)25;1-12(22)25-11-20(24)14-5-6-16-15(7-14)10-26-21-9-17-13(8-18(16)21)3-2-4-19(17)23;20-9-18(22)12-4-5-14-13(6-12)10-23-19-8-15-11(7-16(14)19)2-1-3-17(15)21/h3-6,8-11H,7,12H2,1-2H3,(H,25,27);3,5,7-9,21H,4,6,10-11H2,1-2H3;2,4,6-8,18H,3,5,9-10H2,1H3;5-9H,2-4,10-11H2,1H3;4-8H,1-3,9-10H2. The maximum atomic E-state index is 12.7. The number of Topliss-reactive ketones (excluding diaryl/α,β-unsaturated/α-hetero) is 8. The van der Waals surface area contributed by atoms with Gasteiger partial charge in [0.05, 0.1) is 27.7 Å². The molecular weight excluding hydrogens is 1830 g/mol. The van der Waals surface area contributed by atoms with E-state index in [0.29, 0.717) is 103 Å². The van der Waals surface area contributed by atoms with Crippen molar-refractivity contribution in [2.45, 2.75) is 156 Å². The number of hydrogen-bond acceptors (Lipinski definition) is 23. The van der Waals surface area contributed by atoms with Crippen LogP contribution < -0.4 is 23.7 Å². The van der Waals surface area contributed by atoms with Crippen molar-refractivity contribution in [1.29, 1.82) is 0 Å². The number of rotatable bonds is 13. The second-order valence-electron chi connectivity index (χ2n) is 34.5. The summed E-state index contributed by atoms with van der Waals surface area (Å²) in [5.74, 6) is 2.25. The number of aliphatic imine (C=N–C) groups is 1. The predicted octanol–water partition coefficient (Wildman–Crippen LogP) is 20.5. The molecule has 134 heavy (non-hydrogen) atoms. The molecule has 24 nitrogen and oxygen atoms in total. The van der Waals surface area contributed by atoms with Gasteiger partial charge in [-0.3, -0.25) is 62.5 Å². The number of aryl methyl sites for hydroxylation is 5. The van der Waals surface area contributed by atoms with Crippen LogP contribution in [-0.4, -0.2) is 122 Å². The van der Waals surface area contributed by atoms with E-state index < -0.39 is 30.0 Å². The van der Waals surface area contributed by atoms with E-state index in [1.54, 1.807) is 42.5 Å². The first-order chi connectivity index (χ1) is 64.6. The molecule has 4 aliphatic carbocycles. The molecule has 1 N–H and O–H groups in total. The third kappa shape index (κ3) is 18.7. The van der Waals surface area contributed by atoms with Crippen LogP contribution in [0.25, 0.3) is 77.7 Å². The first kappa shape index (κ1) is 90.3. The van der Waals surface area contributed by atoms with Gasteiger partial charge in [0.1, 0.15) is 67.6 Å². The number of halogens is 2. The molecule has 2 atom stereocenters. The molecule has 0 saturated heterocycles. The number of H-pyrrole nitrogens is 1. The van der Waals surface area contributed by atoms with E-state index in [0.717, 1.165) is 190 Å². The summed E-state index contributed by atoms with van der Waals surface area (Å²) in [4.78, 5) is 154. The number of esters is 4. The fourth-order valence-corrected chi connectivity index (χ4v) is 19.5. The predicted molar refractivity (Wildman–Crippen MR) is 506 cm³/mol. The zero-order chi connectivity index (χ0) is 93.6. The highest BCUT2D eigenvalue weighted by atomic mass is 79.9. The van der Waals surface area contributed by atoms with Crippen molar-refractivity contribution in [2.24, 2.45) is 4.99 Å². The first-order valence-corrected chi connectivity index (χ1v) is 46.4. The van der Waals surface area contributed by atoms with Crippen molar-refractivity contribution in [1.82, 2.24) is 9.97 Å². The average molecular weight is 1920 g/mol. The second kappa shape index (κ2) is 38.2. The molecule has 10 aliphatic rings. The third-order valence-electron chi connectivity index (χ3n) is 25.4. The van der Waals surface area contributed by atoms with Crippen molar-refractivity contribution < 1.29 is 100 Å². The Hall–Kier alpha value is -14.2. The smallest absolute Gasteiger partial charge is 0.303 e. The Kier molecular flexibility index (Phi) is 25.7. The van der Waals surface area contributed by atoms with Crippen LogP contribution in [0.1, 0.15) is 217 Å². The second-order valence-corrected chi connectivity index (χ2v) is 36.1. The number of nitrogens with zero attached hydrogens (tertiary/aromatic N) is 2. The molecular formula is C108H89Br2N3O21. The number of nitrogens with one attached hydrogen (secondary N) is 1. The minimum absolute atomic E-state index is 0.0645. The molecule has 1 aromatic heterocycles. The number of carbonyl (C=O) groups is 12. The molecule has 0 saturated carbocycles. The molecule has 12 aromatic rings. The molecule has 0 spiro atoms. The van der Waals surface area contributed by atoms with E-state index in [2.05, 4.69) is 102 Å². The van der Waals surface area contributed by atoms with Crippen LogP contribution in [0.4, 0.5) is 5.69 Å². The molecule has 0 fully saturated rings. The lowest BCUT2D eigenvalue weighted by Crippen LogP contribution is -2.31. The minimum Gasteiger partial charge on any atom is -0.488 e. The number of ether oxygens (including phenoxy) is 9. The Morgan fingerprint density at radius 1 is 0.396 bits per heavy atom. The fourth-order valence-electron chi connectivity index (χ4n) is 18.7. The van der Waals surface area contributed by atoms with E-state index in [1.165, 1.54) is 60.9 Å². The SMILES string of the molecule is CC(=O)OCC(=O)c1ccc2c(c1)COc1cc3c(cc1-2)CCC(Br)C3=O.CC(=O)OCC(=O)c1ccc2c(c1)COc1cc3c(cc1-2)CCC(OC(C)=O)C3=O.CC(=O)OCC(=O)c1ccc2c(c1)COc1cc3c(cc1-2)CCCC3=O.CC1=Nc2ccc3cc4c(cc3c2C1)OCc1cc(-c2cnc(C)[nH]2)ccc1-4.O=C(CBr)c1ccc2c(c1)COc1cc3c(cc1-2)CCCC3=O. The van der Waals surface area contributed by atoms with Crippen LogP contribution in [0, 0.1) is 6.92 Å². The largest absolute Gasteiger partial charge is 0.488 e. The van der Waals surface area contributed by atoms with E-state index in [1.807, 2.05) is 85.9 Å². The summed E-state index contributed by atoms with van der Waals surface area (Å²) < 4.78 is 49.1. The summed E-state index contributed by atoms with van der Waals surface area (Å²) in [7, 11) is 0. The summed E-state index contributed by atoms with van der Waals surface area (Å²) in [5.41, 5.74) is 29.9. The fraction of sp³-hybridized carbons (Fsp3) is 0.259. The van der Waals surface area contributed by atoms with Gasteiger partial charge in [-0.05, 0) is 262 Å². The number of fused-ring (bicyclic) bond motifs is 22. The Labute approximate surface area is 787 Å². The van der Waals surface area contributed by atoms with Crippen molar-refractivity contribution in [3.05, 3.63) is 276 Å². The summed E-state index contributed by atoms with van der Waals surface area (Å²) in [5, 5.41) is 2.82. The summed E-state index contributed by atoms with van der Waals surface area (Å²) >= 11 is 6.64. The zero-order valence-electron chi connectivity index (χ0n) is 74.2. The minimum atomic E-state index is -0.755. The number of aromatic nitrogens is 2. The average Bonchev–Trinajstić information content (AvgIpc) is 1.23. The van der Waals surface area contributed by atoms with Gasteiger partial charge in [0.25, 0.3) is 0 Å². The molecule has 22 rings (SSSR count). The van der Waals surface area contributed by atoms with E-state index in [-0.39, 0.29) is 77.5 Å². The molecule has 0 bridgehead atoms. The van der Waals surface area contributed by atoms with Gasteiger partial charge < -0.3 is 47.6 Å². The Morgan fingerprint density at radius 2 is 0.791 bits per heavy atom. The normalized spacial score (nSPS) is 15.6. The summed E-state index contributed by atoms with van der Waals surface area (Å²) in [6.45, 7) is 10.2. The zero-order valence-corrected chi connectivity index (χ0v) is 77.4. The van der Waals surface area contributed by atoms with E-state index in [9.17, 15) is 57.5 Å². The van der Waals surface area contributed by atoms with Gasteiger partial charge in [0.15, 0.2) is 66.4 Å². The van der Waals surface area contributed by atoms with Gasteiger partial charge in [-0.1, -0.05) is 98.6 Å². The van der Waals surface area contributed by atoms with E-state index in [4.69, 9.17) is 42.6 Å². The number of imidazole rings is 1. The number of aromatic amines is 1. The van der Waals surface area contributed by atoms with Crippen molar-refractivity contribution in [3.8, 4) is 95.6 Å². The maximum Gasteiger partial charge on any atom is 0.303 e. The molecule has 676 valence electrons. The Bertz CT molecular complexity index is 7090. The van der Waals surface area contributed by atoms with E-state index >= 15 is 0 Å². The monoisotopic (exact) mass is 1920 g/mol. The van der Waals surface area contributed by atoms with Crippen LogP contribution in [-0.2, 0) is 103 Å². The highest BCUT2D eigenvalue weighted by Crippen LogP contribution is 2.49. The van der Waals surface area contributed by atoms with Gasteiger partial charge in [-0.25, -0.2) is 4.98 Å². The van der Waals surface area contributed by atoms with Gasteiger partial charge in [0.2, 0.25) is 5.78 Å². The van der Waals surface area contributed by atoms with Gasteiger partial charge in [-0.2, -0.15) is 0 Å². The third-order valence-corrected chi connectivity index (χ3v) is 26.8. The highest BCUT2D eigenvalue weighted by Gasteiger charge is 2.36. The number of benzene rings is 11. The summed E-state index contributed by atoms with van der Waals surface area (Å²) in [6.07, 6.45) is 9.56. The Morgan fingerprint density at radius 3 is 1.22 bits per heavy atom. The quantitative estimate of drug-likeness (QED) is 0.0485. The van der Waals surface area contributed by atoms with Gasteiger partial charge in [0, 0.05) is 125 Å². The summed E-state index contributed by atoms with van der Waals surface area (Å²) in [6, 6.07) is 52.6. The first-order valence-electron chi connectivity index (χ1n) is 44.3. The number of hydrogen-bond donors (Lipinski definition) is 1. The molecule has 2 unspecified atom stereocenters. The molecule has 0 amide bonds. The van der Waals surface area contributed by atoms with Crippen LogP contribution in [0.15, 0.2) is 175 Å². The lowest BCUT2D eigenvalue weighted by Gasteiger charge is -2.27. The molecule has 11 aromatic carbocycles. The lowest BCUT2D eigenvalue weighted by molar-refractivity contribution is -0.144. The highest BCUT2D eigenvalue weighted by molar-refractivity contribution is 9.10. The van der Waals surface area contributed by atoms with Gasteiger partial charge >= 0.3 is 23.9 Å². The molecule has 6 aliphatic heterocycles. The van der Waals surface area contributed by atoms with Crippen LogP contribution in [0.2, 0.25) is 0 Å². The van der Waals surface area contributed by atoms with Gasteiger partial charge in [-0.15, -0.1) is 0 Å². The molecule has 0 radical (unpaired) electrons. The lowest BCUT2D eigenvalue weighted by atomic mass is 9.84. The molecule has 7 heterocycles. The van der Waals surface area contributed by atoms with Crippen LogP contribution in [0.5, 0.6) is 28.7 Å². The molecule has 26 heteroatoms. The van der Waals surface area contributed by atoms with Crippen LogP contribution in [0.3, 0.4) is 0 Å². The number of alkyl halides is 2. The number of carbonyl (C=O) groups excluding carboxylic acids is 12. The van der Waals surface area contributed by atoms with Crippen molar-refractivity contribution >= 4 is 124 Å². The van der Waals surface area contributed by atoms with Crippen molar-refractivity contribution in [3.63, 3.8) is 0 Å². The maximum absolute atomic E-state index is 12.7. The van der Waals surface area contributed by atoms with Crippen molar-refractivity contribution in [2.75, 3.05) is 25.2 Å². The topological polar surface area (TPSA) is 329 Å². The number of ketones is 8.